The van der Waals surface area contributed by atoms with E-state index in [0.717, 1.165) is 25.0 Å². The van der Waals surface area contributed by atoms with Crippen LogP contribution in [0.5, 0.6) is 5.75 Å². The second kappa shape index (κ2) is 11.0. The molecule has 1 unspecified atom stereocenters. The van der Waals surface area contributed by atoms with Crippen LogP contribution in [0.25, 0.3) is 0 Å². The van der Waals surface area contributed by atoms with Crippen LogP contribution in [-0.4, -0.2) is 53.2 Å². The number of anilines is 1. The zero-order chi connectivity index (χ0) is 29.5. The highest BCUT2D eigenvalue weighted by atomic mass is 35.5. The van der Waals surface area contributed by atoms with Gasteiger partial charge in [-0.3, -0.25) is 9.59 Å². The van der Waals surface area contributed by atoms with Crippen molar-refractivity contribution in [3.8, 4) is 5.75 Å². The molecule has 7 nitrogen and oxygen atoms in total. The molecule has 14 heteroatoms. The minimum atomic E-state index is -4.68. The molecule has 2 N–H and O–H groups in total. The van der Waals surface area contributed by atoms with Crippen LogP contribution in [0.3, 0.4) is 0 Å². The second-order valence-corrected chi connectivity index (χ2v) is 10.8. The number of pyridine rings is 1. The molecular formula is C26H27ClF6N4O3. The van der Waals surface area contributed by atoms with Gasteiger partial charge in [0.05, 0.1) is 16.1 Å². The Morgan fingerprint density at radius 1 is 1.05 bits per heavy atom. The lowest BCUT2D eigenvalue weighted by atomic mass is 9.96. The molecule has 2 amide bonds. The van der Waals surface area contributed by atoms with Crippen LogP contribution in [0.2, 0.25) is 5.02 Å². The minimum Gasteiger partial charge on any atom is -0.478 e. The fourth-order valence-corrected chi connectivity index (χ4v) is 5.33. The van der Waals surface area contributed by atoms with E-state index in [-0.39, 0.29) is 29.4 Å². The highest BCUT2D eigenvalue weighted by Crippen LogP contribution is 2.39. The molecule has 4 rings (SSSR count). The number of halogens is 7. The van der Waals surface area contributed by atoms with E-state index < -0.39 is 46.9 Å². The van der Waals surface area contributed by atoms with E-state index in [1.54, 1.807) is 11.4 Å². The smallest absolute Gasteiger partial charge is 0.417 e. The van der Waals surface area contributed by atoms with Crippen molar-refractivity contribution in [2.24, 2.45) is 0 Å². The summed E-state index contributed by atoms with van der Waals surface area (Å²) in [5.74, 6) is -0.926. The standard InChI is InChI=1S/C26H27ClF6N4O3/c1-24(2,40-18-6-7-20(27)19(11-18)26(31,32)33)23(39)36-15-9-16-4-5-17(10-15)37(16)21-8-3-14(12-34-21)22(38)35-13-25(28,29)30/h3,6-8,11-12,15-17H,4-5,9-10,13H2,1-2H3,(H,35,38)(H,36,39)/t15?,16-,17+. The number of carbonyl (C=O) groups is 2. The molecule has 2 aliphatic heterocycles. The summed E-state index contributed by atoms with van der Waals surface area (Å²) in [6.07, 6.45) is -5.15. The van der Waals surface area contributed by atoms with Crippen molar-refractivity contribution in [1.29, 1.82) is 0 Å². The van der Waals surface area contributed by atoms with E-state index in [0.29, 0.717) is 18.7 Å². The van der Waals surface area contributed by atoms with Gasteiger partial charge in [-0.05, 0) is 69.9 Å². The number of fused-ring (bicyclic) bond motifs is 2. The molecule has 1 aromatic heterocycles. The second-order valence-electron chi connectivity index (χ2n) is 10.4. The van der Waals surface area contributed by atoms with Gasteiger partial charge in [0, 0.05) is 24.3 Å². The maximum atomic E-state index is 13.2. The summed E-state index contributed by atoms with van der Waals surface area (Å²) < 4.78 is 82.3. The third-order valence-corrected chi connectivity index (χ3v) is 7.28. The summed E-state index contributed by atoms with van der Waals surface area (Å²) in [5.41, 5.74) is -2.53. The van der Waals surface area contributed by atoms with Gasteiger partial charge in [-0.1, -0.05) is 11.6 Å². The zero-order valence-corrected chi connectivity index (χ0v) is 22.3. The Balaban J connectivity index is 1.36. The predicted molar refractivity (Wildman–Crippen MR) is 134 cm³/mol. The quantitative estimate of drug-likeness (QED) is 0.414. The number of alkyl halides is 6. The number of nitrogens with zero attached hydrogens (tertiary/aromatic N) is 2. The van der Waals surface area contributed by atoms with Crippen LogP contribution in [0.1, 0.15) is 55.5 Å². The van der Waals surface area contributed by atoms with E-state index in [1.165, 1.54) is 32.2 Å². The maximum absolute atomic E-state index is 13.2. The Hall–Kier alpha value is -3.22. The van der Waals surface area contributed by atoms with E-state index in [9.17, 15) is 35.9 Å². The van der Waals surface area contributed by atoms with Crippen LogP contribution < -0.4 is 20.3 Å². The van der Waals surface area contributed by atoms with Crippen molar-refractivity contribution < 1.29 is 40.7 Å². The normalized spacial score (nSPS) is 21.2. The number of hydrogen-bond acceptors (Lipinski definition) is 5. The minimum absolute atomic E-state index is 0.00719. The molecule has 0 saturated carbocycles. The summed E-state index contributed by atoms with van der Waals surface area (Å²) >= 11 is 5.66. The lowest BCUT2D eigenvalue weighted by Gasteiger charge is -2.40. The molecule has 0 radical (unpaired) electrons. The average Bonchev–Trinajstić information content (AvgIpc) is 3.12. The Bertz CT molecular complexity index is 1240. The van der Waals surface area contributed by atoms with Crippen molar-refractivity contribution in [3.63, 3.8) is 0 Å². The molecule has 2 aliphatic rings. The molecule has 3 atom stereocenters. The Morgan fingerprint density at radius 2 is 1.70 bits per heavy atom. The van der Waals surface area contributed by atoms with Crippen molar-refractivity contribution in [3.05, 3.63) is 52.7 Å². The lowest BCUT2D eigenvalue weighted by molar-refractivity contribution is -0.137. The van der Waals surface area contributed by atoms with E-state index in [4.69, 9.17) is 16.3 Å². The van der Waals surface area contributed by atoms with Crippen LogP contribution in [-0.2, 0) is 11.0 Å². The van der Waals surface area contributed by atoms with Crippen molar-refractivity contribution in [2.45, 2.75) is 75.6 Å². The first-order valence-corrected chi connectivity index (χ1v) is 12.9. The van der Waals surface area contributed by atoms with Gasteiger partial charge >= 0.3 is 12.4 Å². The fourth-order valence-electron chi connectivity index (χ4n) is 5.11. The number of ether oxygens (including phenoxy) is 1. The SMILES string of the molecule is CC(C)(Oc1ccc(Cl)c(C(F)(F)F)c1)C(=O)NC1C[C@H]2CC[C@@H](C1)N2c1ccc(C(=O)NCC(F)(F)F)cn1. The molecule has 0 spiro atoms. The van der Waals surface area contributed by atoms with E-state index in [1.807, 2.05) is 0 Å². The Morgan fingerprint density at radius 3 is 2.25 bits per heavy atom. The van der Waals surface area contributed by atoms with Crippen LogP contribution in [0.15, 0.2) is 36.5 Å². The largest absolute Gasteiger partial charge is 0.478 e. The first-order valence-electron chi connectivity index (χ1n) is 12.5. The van der Waals surface area contributed by atoms with E-state index in [2.05, 4.69) is 15.2 Å². The van der Waals surface area contributed by atoms with Crippen molar-refractivity contribution >= 4 is 29.2 Å². The fraction of sp³-hybridized carbons (Fsp3) is 0.500. The molecule has 2 saturated heterocycles. The molecule has 1 aromatic carbocycles. The van der Waals surface area contributed by atoms with Gasteiger partial charge < -0.3 is 20.3 Å². The maximum Gasteiger partial charge on any atom is 0.417 e. The van der Waals surface area contributed by atoms with Crippen molar-refractivity contribution in [2.75, 3.05) is 11.4 Å². The monoisotopic (exact) mass is 592 g/mol. The van der Waals surface area contributed by atoms with Gasteiger partial charge in [-0.2, -0.15) is 26.3 Å². The molecule has 218 valence electrons. The number of nitrogens with one attached hydrogen (secondary N) is 2. The number of amides is 2. The number of carbonyl (C=O) groups excluding carboxylic acids is 2. The number of rotatable bonds is 7. The number of benzene rings is 1. The van der Waals surface area contributed by atoms with Gasteiger partial charge in [0.25, 0.3) is 11.8 Å². The number of piperidine rings is 1. The summed E-state index contributed by atoms with van der Waals surface area (Å²) in [6, 6.07) is 5.93. The molecular weight excluding hydrogens is 566 g/mol. The first-order chi connectivity index (χ1) is 18.5. The molecule has 2 aromatic rings. The molecule has 0 aliphatic carbocycles. The summed E-state index contributed by atoms with van der Waals surface area (Å²) in [5, 5.41) is 4.29. The average molecular weight is 593 g/mol. The van der Waals surface area contributed by atoms with Crippen LogP contribution in [0, 0.1) is 0 Å². The van der Waals surface area contributed by atoms with Crippen molar-refractivity contribution in [1.82, 2.24) is 15.6 Å². The number of hydrogen-bond donors (Lipinski definition) is 2. The topological polar surface area (TPSA) is 83.6 Å². The third kappa shape index (κ3) is 6.91. The zero-order valence-electron chi connectivity index (χ0n) is 21.5. The molecule has 2 fully saturated rings. The molecule has 40 heavy (non-hydrogen) atoms. The molecule has 3 heterocycles. The summed E-state index contributed by atoms with van der Waals surface area (Å²) in [7, 11) is 0. The van der Waals surface area contributed by atoms with Gasteiger partial charge in [0.1, 0.15) is 18.1 Å². The van der Waals surface area contributed by atoms with Gasteiger partial charge in [-0.15, -0.1) is 0 Å². The van der Waals surface area contributed by atoms with Gasteiger partial charge in [-0.25, -0.2) is 4.98 Å². The Kier molecular flexibility index (Phi) is 8.17. The molecule has 2 bridgehead atoms. The van der Waals surface area contributed by atoms with Crippen LogP contribution >= 0.6 is 11.6 Å². The predicted octanol–water partition coefficient (Wildman–Crippen LogP) is 5.52. The first kappa shape index (κ1) is 29.8. The highest BCUT2D eigenvalue weighted by molar-refractivity contribution is 6.31. The van der Waals surface area contributed by atoms with Gasteiger partial charge in [0.15, 0.2) is 5.60 Å². The summed E-state index contributed by atoms with van der Waals surface area (Å²) in [6.45, 7) is 1.49. The Labute approximate surface area is 231 Å². The van der Waals surface area contributed by atoms with E-state index >= 15 is 0 Å². The number of aromatic nitrogens is 1. The van der Waals surface area contributed by atoms with Gasteiger partial charge in [0.2, 0.25) is 0 Å². The highest BCUT2D eigenvalue weighted by Gasteiger charge is 2.43. The third-order valence-electron chi connectivity index (χ3n) is 6.96. The lowest BCUT2D eigenvalue weighted by Crippen LogP contribution is -2.55. The summed E-state index contributed by atoms with van der Waals surface area (Å²) in [4.78, 5) is 31.4. The van der Waals surface area contributed by atoms with Crippen LogP contribution in [0.4, 0.5) is 32.2 Å².